The highest BCUT2D eigenvalue weighted by molar-refractivity contribution is 5.96. The molecular formula is C16H28N6O8. The molecule has 0 heterocycles. The van der Waals surface area contributed by atoms with E-state index in [1.165, 1.54) is 0 Å². The van der Waals surface area contributed by atoms with Crippen molar-refractivity contribution in [3.63, 3.8) is 0 Å². The molecule has 30 heavy (non-hydrogen) atoms. The van der Waals surface area contributed by atoms with Crippen LogP contribution in [0.2, 0.25) is 0 Å². The molecule has 170 valence electrons. The van der Waals surface area contributed by atoms with E-state index in [1.54, 1.807) is 0 Å². The molecule has 14 nitrogen and oxygen atoms in total. The third-order valence-corrected chi connectivity index (χ3v) is 3.76. The molecule has 0 aromatic heterocycles. The summed E-state index contributed by atoms with van der Waals surface area (Å²) in [4.78, 5) is 69.3. The lowest BCUT2D eigenvalue weighted by molar-refractivity contribution is -0.140. The molecule has 0 saturated carbocycles. The van der Waals surface area contributed by atoms with E-state index in [1.807, 2.05) is 0 Å². The Kier molecular flexibility index (Phi) is 12.3. The Morgan fingerprint density at radius 2 is 1.40 bits per heavy atom. The molecule has 4 amide bonds. The van der Waals surface area contributed by atoms with Gasteiger partial charge in [0.15, 0.2) is 0 Å². The first-order valence-electron chi connectivity index (χ1n) is 9.03. The highest BCUT2D eigenvalue weighted by Gasteiger charge is 2.29. The standard InChI is InChI=1S/C16H28N6O8/c17-4-2-1-3-9(15(29)20-7-13(26)27)21-16(30)10(6-11(19)23)22-14(28)8(18)5-12(24)25/h8-10H,1-7,17-18H2,(H2,19,23)(H,20,29)(H,21,30)(H,22,28)(H,24,25)(H,26,27). The smallest absolute Gasteiger partial charge is 0.322 e. The van der Waals surface area contributed by atoms with Gasteiger partial charge in [0.05, 0.1) is 18.9 Å². The molecule has 0 aliphatic heterocycles. The van der Waals surface area contributed by atoms with Crippen molar-refractivity contribution in [3.05, 3.63) is 0 Å². The summed E-state index contributed by atoms with van der Waals surface area (Å²) in [7, 11) is 0. The predicted octanol–water partition coefficient (Wildman–Crippen LogP) is -4.04. The van der Waals surface area contributed by atoms with E-state index in [2.05, 4.69) is 16.0 Å². The van der Waals surface area contributed by atoms with Crippen LogP contribution in [-0.4, -0.2) is 77.0 Å². The number of rotatable bonds is 15. The molecule has 3 unspecified atom stereocenters. The number of carbonyl (C=O) groups excluding carboxylic acids is 4. The van der Waals surface area contributed by atoms with Crippen molar-refractivity contribution in [2.45, 2.75) is 50.2 Å². The van der Waals surface area contributed by atoms with E-state index in [4.69, 9.17) is 27.4 Å². The summed E-state index contributed by atoms with van der Waals surface area (Å²) in [6.07, 6.45) is -0.272. The normalized spacial score (nSPS) is 13.4. The Morgan fingerprint density at radius 3 is 1.90 bits per heavy atom. The molecule has 0 aliphatic carbocycles. The molecule has 11 N–H and O–H groups in total. The van der Waals surface area contributed by atoms with Crippen LogP contribution in [0.4, 0.5) is 0 Å². The minimum atomic E-state index is -1.51. The number of nitrogens with two attached hydrogens (primary N) is 3. The lowest BCUT2D eigenvalue weighted by Gasteiger charge is -2.23. The highest BCUT2D eigenvalue weighted by atomic mass is 16.4. The van der Waals surface area contributed by atoms with E-state index >= 15 is 0 Å². The minimum Gasteiger partial charge on any atom is -0.481 e. The number of carboxylic acid groups (broad SMARTS) is 2. The van der Waals surface area contributed by atoms with Crippen LogP contribution in [0.3, 0.4) is 0 Å². The average Bonchev–Trinajstić information content (AvgIpc) is 2.63. The first-order chi connectivity index (χ1) is 14.0. The molecule has 0 radical (unpaired) electrons. The molecular weight excluding hydrogens is 404 g/mol. The predicted molar refractivity (Wildman–Crippen MR) is 101 cm³/mol. The van der Waals surface area contributed by atoms with Gasteiger partial charge >= 0.3 is 11.9 Å². The summed E-state index contributed by atoms with van der Waals surface area (Å²) >= 11 is 0. The topological polar surface area (TPSA) is 257 Å². The van der Waals surface area contributed by atoms with Gasteiger partial charge in [-0.3, -0.25) is 28.8 Å². The second-order valence-electron chi connectivity index (χ2n) is 6.39. The fourth-order valence-corrected chi connectivity index (χ4v) is 2.29. The molecule has 0 aliphatic rings. The maximum atomic E-state index is 12.5. The van der Waals surface area contributed by atoms with Crippen molar-refractivity contribution < 1.29 is 39.0 Å². The Balaban J connectivity index is 5.26. The van der Waals surface area contributed by atoms with E-state index in [9.17, 15) is 28.8 Å². The summed E-state index contributed by atoms with van der Waals surface area (Å²) in [5, 5.41) is 23.9. The Labute approximate surface area is 171 Å². The van der Waals surface area contributed by atoms with Gasteiger partial charge in [-0.1, -0.05) is 0 Å². The number of amides is 4. The van der Waals surface area contributed by atoms with E-state index in [0.717, 1.165) is 0 Å². The lowest BCUT2D eigenvalue weighted by Crippen LogP contribution is -2.57. The molecule has 0 saturated heterocycles. The molecule has 0 fully saturated rings. The van der Waals surface area contributed by atoms with Crippen LogP contribution in [0.15, 0.2) is 0 Å². The summed E-state index contributed by atoms with van der Waals surface area (Å²) < 4.78 is 0. The number of carbonyl (C=O) groups is 6. The third-order valence-electron chi connectivity index (χ3n) is 3.76. The molecule has 0 aromatic carbocycles. The molecule has 14 heteroatoms. The number of aliphatic carboxylic acids is 2. The summed E-state index contributed by atoms with van der Waals surface area (Å²) in [6, 6.07) is -4.16. The zero-order valence-electron chi connectivity index (χ0n) is 16.3. The van der Waals surface area contributed by atoms with Crippen LogP contribution in [0.25, 0.3) is 0 Å². The highest BCUT2D eigenvalue weighted by Crippen LogP contribution is 2.03. The zero-order chi connectivity index (χ0) is 23.3. The van der Waals surface area contributed by atoms with Crippen molar-refractivity contribution in [1.29, 1.82) is 0 Å². The quantitative estimate of drug-likeness (QED) is 0.116. The first kappa shape index (κ1) is 26.7. The van der Waals surface area contributed by atoms with Crippen molar-refractivity contribution in [2.24, 2.45) is 17.2 Å². The molecule has 3 atom stereocenters. The van der Waals surface area contributed by atoms with Crippen LogP contribution in [0.1, 0.15) is 32.1 Å². The van der Waals surface area contributed by atoms with Crippen molar-refractivity contribution in [2.75, 3.05) is 13.1 Å². The maximum Gasteiger partial charge on any atom is 0.322 e. The molecule has 0 bridgehead atoms. The number of hydrogen-bond donors (Lipinski definition) is 8. The summed E-state index contributed by atoms with van der Waals surface area (Å²) in [6.45, 7) is -0.340. The molecule has 0 rings (SSSR count). The van der Waals surface area contributed by atoms with Crippen LogP contribution in [-0.2, 0) is 28.8 Å². The fourth-order valence-electron chi connectivity index (χ4n) is 2.29. The van der Waals surface area contributed by atoms with Gasteiger partial charge in [-0.2, -0.15) is 0 Å². The third kappa shape index (κ3) is 11.6. The lowest BCUT2D eigenvalue weighted by atomic mass is 10.1. The Morgan fingerprint density at radius 1 is 0.800 bits per heavy atom. The van der Waals surface area contributed by atoms with Crippen molar-refractivity contribution >= 4 is 35.6 Å². The zero-order valence-corrected chi connectivity index (χ0v) is 16.3. The fraction of sp³-hybridized carbons (Fsp3) is 0.625. The van der Waals surface area contributed by atoms with Gasteiger partial charge < -0.3 is 43.4 Å². The van der Waals surface area contributed by atoms with Gasteiger partial charge in [-0.05, 0) is 25.8 Å². The van der Waals surface area contributed by atoms with Gasteiger partial charge in [0.2, 0.25) is 23.6 Å². The number of carboxylic acids is 2. The number of nitrogens with one attached hydrogen (secondary N) is 3. The van der Waals surface area contributed by atoms with E-state index in [-0.39, 0.29) is 6.42 Å². The minimum absolute atomic E-state index is 0.115. The van der Waals surface area contributed by atoms with Crippen LogP contribution in [0, 0.1) is 0 Å². The molecule has 0 aromatic rings. The van der Waals surface area contributed by atoms with Crippen LogP contribution in [0.5, 0.6) is 0 Å². The largest absolute Gasteiger partial charge is 0.481 e. The maximum absolute atomic E-state index is 12.5. The Hall–Kier alpha value is -3.26. The number of primary amides is 1. The summed E-state index contributed by atoms with van der Waals surface area (Å²) in [5.41, 5.74) is 15.9. The van der Waals surface area contributed by atoms with Crippen LogP contribution < -0.4 is 33.2 Å². The van der Waals surface area contributed by atoms with Gasteiger partial charge in [0.25, 0.3) is 0 Å². The monoisotopic (exact) mass is 432 g/mol. The first-order valence-corrected chi connectivity index (χ1v) is 9.03. The van der Waals surface area contributed by atoms with Gasteiger partial charge in [-0.15, -0.1) is 0 Å². The van der Waals surface area contributed by atoms with Crippen LogP contribution >= 0.6 is 0 Å². The summed E-state index contributed by atoms with van der Waals surface area (Å²) in [5.74, 6) is -6.32. The van der Waals surface area contributed by atoms with Gasteiger partial charge in [0.1, 0.15) is 18.6 Å². The number of hydrogen-bond acceptors (Lipinski definition) is 8. The van der Waals surface area contributed by atoms with Crippen molar-refractivity contribution in [3.8, 4) is 0 Å². The van der Waals surface area contributed by atoms with Crippen molar-refractivity contribution in [1.82, 2.24) is 16.0 Å². The average molecular weight is 432 g/mol. The van der Waals surface area contributed by atoms with E-state index < -0.39 is 73.1 Å². The van der Waals surface area contributed by atoms with E-state index in [0.29, 0.717) is 19.4 Å². The SMILES string of the molecule is NCCCCC(NC(=O)C(CC(N)=O)NC(=O)C(N)CC(=O)O)C(=O)NCC(=O)O. The number of unbranched alkanes of at least 4 members (excludes halogenated alkanes) is 1. The molecule has 0 spiro atoms. The van der Waals surface area contributed by atoms with Gasteiger partial charge in [-0.25, -0.2) is 0 Å². The second kappa shape index (κ2) is 13.8. The second-order valence-corrected chi connectivity index (χ2v) is 6.39. The van der Waals surface area contributed by atoms with Gasteiger partial charge in [0, 0.05) is 0 Å². The Bertz CT molecular complexity index is 656.